The van der Waals surface area contributed by atoms with Crippen LogP contribution >= 0.6 is 0 Å². The Morgan fingerprint density at radius 1 is 0.833 bits per heavy atom. The van der Waals surface area contributed by atoms with Crippen molar-refractivity contribution < 1.29 is 23.7 Å². The molecule has 1 N–H and O–H groups in total. The van der Waals surface area contributed by atoms with Crippen LogP contribution in [0.25, 0.3) is 0 Å². The smallest absolute Gasteiger partial charge is 0.262 e. The van der Waals surface area contributed by atoms with Gasteiger partial charge in [0.15, 0.2) is 6.61 Å². The predicted molar refractivity (Wildman–Crippen MR) is 116 cm³/mol. The Balaban J connectivity index is 1.52. The molecule has 156 valence electrons. The van der Waals surface area contributed by atoms with Gasteiger partial charge < -0.3 is 24.3 Å². The van der Waals surface area contributed by atoms with Crippen LogP contribution in [0, 0.1) is 6.92 Å². The average Bonchev–Trinajstić information content (AvgIpc) is 2.76. The van der Waals surface area contributed by atoms with E-state index in [1.54, 1.807) is 31.4 Å². The van der Waals surface area contributed by atoms with Crippen LogP contribution in [0.2, 0.25) is 0 Å². The van der Waals surface area contributed by atoms with Gasteiger partial charge in [0.2, 0.25) is 0 Å². The Labute approximate surface area is 176 Å². The van der Waals surface area contributed by atoms with Gasteiger partial charge in [0.1, 0.15) is 29.6 Å². The highest BCUT2D eigenvalue weighted by molar-refractivity contribution is 5.93. The van der Waals surface area contributed by atoms with Gasteiger partial charge >= 0.3 is 0 Å². The number of amides is 1. The van der Waals surface area contributed by atoms with Gasteiger partial charge in [0.05, 0.1) is 12.3 Å². The van der Waals surface area contributed by atoms with E-state index < -0.39 is 0 Å². The quantitative estimate of drug-likeness (QED) is 0.488. The molecular weight excluding hydrogens is 382 g/mol. The number of ether oxygens (including phenoxy) is 4. The monoisotopic (exact) mass is 407 g/mol. The van der Waals surface area contributed by atoms with Crippen molar-refractivity contribution in [3.8, 4) is 23.0 Å². The normalized spacial score (nSPS) is 10.3. The largest absolute Gasteiger partial charge is 0.489 e. The third-order valence-corrected chi connectivity index (χ3v) is 4.13. The van der Waals surface area contributed by atoms with Gasteiger partial charge in [-0.3, -0.25) is 4.79 Å². The topological polar surface area (TPSA) is 66.0 Å². The Hall–Kier alpha value is -3.51. The number of carbonyl (C=O) groups excluding carboxylic acids is 1. The van der Waals surface area contributed by atoms with Gasteiger partial charge in [-0.1, -0.05) is 24.3 Å². The average molecular weight is 407 g/mol. The summed E-state index contributed by atoms with van der Waals surface area (Å²) in [6.07, 6.45) is 0. The molecule has 0 atom stereocenters. The minimum atomic E-state index is -0.278. The van der Waals surface area contributed by atoms with E-state index in [0.717, 1.165) is 11.3 Å². The molecule has 0 unspecified atom stereocenters. The maximum absolute atomic E-state index is 12.3. The lowest BCUT2D eigenvalue weighted by Crippen LogP contribution is -2.20. The SMILES string of the molecule is COCCOc1cc(C)ccc1NC(=O)COc1ccc(Oc2ccccc2)cc1. The molecule has 30 heavy (non-hydrogen) atoms. The van der Waals surface area contributed by atoms with Crippen molar-refractivity contribution in [3.63, 3.8) is 0 Å². The zero-order valence-electron chi connectivity index (χ0n) is 17.1. The van der Waals surface area contributed by atoms with Gasteiger partial charge in [-0.2, -0.15) is 0 Å². The molecule has 3 rings (SSSR count). The second-order valence-corrected chi connectivity index (χ2v) is 6.56. The highest BCUT2D eigenvalue weighted by Gasteiger charge is 2.10. The summed E-state index contributed by atoms with van der Waals surface area (Å²) in [6.45, 7) is 2.71. The molecule has 0 heterocycles. The maximum atomic E-state index is 12.3. The molecule has 0 radical (unpaired) electrons. The van der Waals surface area contributed by atoms with E-state index in [1.807, 2.05) is 55.5 Å². The zero-order valence-corrected chi connectivity index (χ0v) is 17.1. The molecule has 3 aromatic carbocycles. The summed E-state index contributed by atoms with van der Waals surface area (Å²) in [5.74, 6) is 2.34. The van der Waals surface area contributed by atoms with E-state index in [1.165, 1.54) is 0 Å². The van der Waals surface area contributed by atoms with Crippen molar-refractivity contribution in [1.82, 2.24) is 0 Å². The molecule has 0 saturated heterocycles. The summed E-state index contributed by atoms with van der Waals surface area (Å²) < 4.78 is 22.0. The molecule has 0 aliphatic rings. The van der Waals surface area contributed by atoms with E-state index >= 15 is 0 Å². The van der Waals surface area contributed by atoms with Crippen molar-refractivity contribution in [1.29, 1.82) is 0 Å². The zero-order chi connectivity index (χ0) is 21.2. The minimum Gasteiger partial charge on any atom is -0.489 e. The molecular formula is C24H25NO5. The van der Waals surface area contributed by atoms with Crippen LogP contribution in [0.15, 0.2) is 72.8 Å². The molecule has 0 bridgehead atoms. The Morgan fingerprint density at radius 2 is 1.53 bits per heavy atom. The highest BCUT2D eigenvalue weighted by atomic mass is 16.5. The van der Waals surface area contributed by atoms with Crippen molar-refractivity contribution in [3.05, 3.63) is 78.4 Å². The van der Waals surface area contributed by atoms with Crippen molar-refractivity contribution in [2.75, 3.05) is 32.2 Å². The van der Waals surface area contributed by atoms with Gasteiger partial charge in [-0.25, -0.2) is 0 Å². The number of hydrogen-bond acceptors (Lipinski definition) is 5. The first-order valence-electron chi connectivity index (χ1n) is 9.62. The third-order valence-electron chi connectivity index (χ3n) is 4.13. The van der Waals surface area contributed by atoms with Gasteiger partial charge in [-0.15, -0.1) is 0 Å². The molecule has 0 saturated carbocycles. The van der Waals surface area contributed by atoms with E-state index in [2.05, 4.69) is 5.32 Å². The van der Waals surface area contributed by atoms with Crippen molar-refractivity contribution in [2.24, 2.45) is 0 Å². The molecule has 6 heteroatoms. The van der Waals surface area contributed by atoms with Gasteiger partial charge in [0, 0.05) is 7.11 Å². The fourth-order valence-electron chi connectivity index (χ4n) is 2.65. The van der Waals surface area contributed by atoms with Crippen LogP contribution in [0.1, 0.15) is 5.56 Å². The second-order valence-electron chi connectivity index (χ2n) is 6.56. The Kier molecular flexibility index (Phi) is 7.69. The summed E-state index contributed by atoms with van der Waals surface area (Å²) in [6, 6.07) is 22.2. The van der Waals surface area contributed by atoms with Crippen LogP contribution in [-0.2, 0) is 9.53 Å². The first kappa shape index (κ1) is 21.2. The van der Waals surface area contributed by atoms with Crippen LogP contribution in [0.3, 0.4) is 0 Å². The van der Waals surface area contributed by atoms with Crippen molar-refractivity contribution in [2.45, 2.75) is 6.92 Å². The summed E-state index contributed by atoms with van der Waals surface area (Å²) in [4.78, 5) is 12.3. The predicted octanol–water partition coefficient (Wildman–Crippen LogP) is 4.83. The molecule has 0 aliphatic heterocycles. The maximum Gasteiger partial charge on any atom is 0.262 e. The number of carbonyl (C=O) groups is 1. The molecule has 0 fully saturated rings. The second kappa shape index (κ2) is 10.9. The Morgan fingerprint density at radius 3 is 2.27 bits per heavy atom. The number of benzene rings is 3. The Bertz CT molecular complexity index is 942. The number of rotatable bonds is 10. The van der Waals surface area contributed by atoms with Gasteiger partial charge in [0.25, 0.3) is 5.91 Å². The van der Waals surface area contributed by atoms with E-state index in [-0.39, 0.29) is 12.5 Å². The molecule has 1 amide bonds. The van der Waals surface area contributed by atoms with E-state index in [4.69, 9.17) is 18.9 Å². The van der Waals surface area contributed by atoms with Gasteiger partial charge in [-0.05, 0) is 61.0 Å². The van der Waals surface area contributed by atoms with Crippen LogP contribution in [0.4, 0.5) is 5.69 Å². The molecule has 0 spiro atoms. The molecule has 0 aromatic heterocycles. The number of hydrogen-bond donors (Lipinski definition) is 1. The molecule has 0 aliphatic carbocycles. The lowest BCUT2D eigenvalue weighted by molar-refractivity contribution is -0.118. The lowest BCUT2D eigenvalue weighted by Gasteiger charge is -2.14. The number of anilines is 1. The number of methoxy groups -OCH3 is 1. The summed E-state index contributed by atoms with van der Waals surface area (Å²) >= 11 is 0. The highest BCUT2D eigenvalue weighted by Crippen LogP contribution is 2.26. The van der Waals surface area contributed by atoms with Crippen LogP contribution < -0.4 is 19.5 Å². The minimum absolute atomic E-state index is 0.121. The van der Waals surface area contributed by atoms with Crippen molar-refractivity contribution >= 4 is 11.6 Å². The number of nitrogens with one attached hydrogen (secondary N) is 1. The van der Waals surface area contributed by atoms with E-state index in [9.17, 15) is 4.79 Å². The number of para-hydroxylation sites is 1. The molecule has 3 aromatic rings. The first-order valence-corrected chi connectivity index (χ1v) is 9.62. The standard InChI is InChI=1S/C24H25NO5/c1-18-8-13-22(23(16-18)28-15-14-27-2)25-24(26)17-29-19-9-11-21(12-10-19)30-20-6-4-3-5-7-20/h3-13,16H,14-15,17H2,1-2H3,(H,25,26). The fraction of sp³-hybridized carbons (Fsp3) is 0.208. The summed E-state index contributed by atoms with van der Waals surface area (Å²) in [5, 5.41) is 2.82. The summed E-state index contributed by atoms with van der Waals surface area (Å²) in [7, 11) is 1.61. The fourth-order valence-corrected chi connectivity index (χ4v) is 2.65. The van der Waals surface area contributed by atoms with E-state index in [0.29, 0.717) is 36.1 Å². The summed E-state index contributed by atoms with van der Waals surface area (Å²) in [5.41, 5.74) is 1.63. The number of aryl methyl sites for hydroxylation is 1. The first-order chi connectivity index (χ1) is 14.6. The van der Waals surface area contributed by atoms with Crippen LogP contribution in [0.5, 0.6) is 23.0 Å². The van der Waals surface area contributed by atoms with Crippen LogP contribution in [-0.4, -0.2) is 32.8 Å². The third kappa shape index (κ3) is 6.53. The lowest BCUT2D eigenvalue weighted by atomic mass is 10.2. The molecule has 6 nitrogen and oxygen atoms in total.